The SMILES string of the molecule is CCOC(=O)Cc1ccc(NC(=O)c2coc(Br)c2)cc1. The van der Waals surface area contributed by atoms with Crippen molar-refractivity contribution in [2.75, 3.05) is 11.9 Å². The van der Waals surface area contributed by atoms with Crippen molar-refractivity contribution in [3.8, 4) is 0 Å². The smallest absolute Gasteiger partial charge is 0.310 e. The third-order valence-corrected chi connectivity index (χ3v) is 3.11. The van der Waals surface area contributed by atoms with Crippen LogP contribution in [0.5, 0.6) is 0 Å². The Morgan fingerprint density at radius 2 is 2.00 bits per heavy atom. The summed E-state index contributed by atoms with van der Waals surface area (Å²) in [5.74, 6) is -0.528. The second-order valence-corrected chi connectivity index (χ2v) is 5.05. The summed E-state index contributed by atoms with van der Waals surface area (Å²) in [6.07, 6.45) is 1.59. The summed E-state index contributed by atoms with van der Waals surface area (Å²) in [5.41, 5.74) is 1.90. The number of amides is 1. The fourth-order valence-electron chi connectivity index (χ4n) is 1.72. The maximum Gasteiger partial charge on any atom is 0.310 e. The van der Waals surface area contributed by atoms with Crippen molar-refractivity contribution in [3.63, 3.8) is 0 Å². The van der Waals surface area contributed by atoms with Crippen LogP contribution in [0.25, 0.3) is 0 Å². The van der Waals surface area contributed by atoms with Crippen LogP contribution in [0.4, 0.5) is 5.69 Å². The van der Waals surface area contributed by atoms with Crippen LogP contribution in [0.1, 0.15) is 22.8 Å². The molecule has 5 nitrogen and oxygen atoms in total. The lowest BCUT2D eigenvalue weighted by Crippen LogP contribution is -2.11. The van der Waals surface area contributed by atoms with Crippen molar-refractivity contribution >= 4 is 33.5 Å². The van der Waals surface area contributed by atoms with Crippen molar-refractivity contribution in [2.24, 2.45) is 0 Å². The van der Waals surface area contributed by atoms with Crippen molar-refractivity contribution in [1.29, 1.82) is 0 Å². The highest BCUT2D eigenvalue weighted by molar-refractivity contribution is 9.10. The fraction of sp³-hybridized carbons (Fsp3) is 0.200. The lowest BCUT2D eigenvalue weighted by atomic mass is 10.1. The Kier molecular flexibility index (Phi) is 5.16. The summed E-state index contributed by atoms with van der Waals surface area (Å²) in [6.45, 7) is 2.14. The summed E-state index contributed by atoms with van der Waals surface area (Å²) >= 11 is 3.14. The Balaban J connectivity index is 1.96. The van der Waals surface area contributed by atoms with Crippen LogP contribution in [-0.2, 0) is 16.0 Å². The minimum absolute atomic E-state index is 0.219. The summed E-state index contributed by atoms with van der Waals surface area (Å²) in [5, 5.41) is 2.74. The average Bonchev–Trinajstić information content (AvgIpc) is 2.88. The molecule has 0 aliphatic heterocycles. The van der Waals surface area contributed by atoms with Gasteiger partial charge in [0.25, 0.3) is 5.91 Å². The summed E-state index contributed by atoms with van der Waals surface area (Å²) in [7, 11) is 0. The third kappa shape index (κ3) is 4.46. The zero-order valence-electron chi connectivity index (χ0n) is 11.4. The molecule has 110 valence electrons. The number of benzene rings is 1. The molecule has 0 spiro atoms. The number of rotatable bonds is 5. The Morgan fingerprint density at radius 1 is 1.29 bits per heavy atom. The molecule has 21 heavy (non-hydrogen) atoms. The summed E-state index contributed by atoms with van der Waals surface area (Å²) in [4.78, 5) is 23.3. The molecule has 2 rings (SSSR count). The number of ether oxygens (including phenoxy) is 1. The fourth-order valence-corrected chi connectivity index (χ4v) is 2.06. The first-order valence-corrected chi connectivity index (χ1v) is 7.17. The number of nitrogens with one attached hydrogen (secondary N) is 1. The maximum absolute atomic E-state index is 11.9. The first kappa shape index (κ1) is 15.3. The number of carbonyl (C=O) groups excluding carboxylic acids is 2. The Morgan fingerprint density at radius 3 is 2.57 bits per heavy atom. The Labute approximate surface area is 130 Å². The van der Waals surface area contributed by atoms with E-state index in [1.54, 1.807) is 37.3 Å². The van der Waals surface area contributed by atoms with Crippen LogP contribution in [0, 0.1) is 0 Å². The van der Waals surface area contributed by atoms with Gasteiger partial charge in [0.15, 0.2) is 4.67 Å². The zero-order valence-corrected chi connectivity index (χ0v) is 13.0. The van der Waals surface area contributed by atoms with E-state index in [-0.39, 0.29) is 18.3 Å². The van der Waals surface area contributed by atoms with Crippen LogP contribution in [0.15, 0.2) is 45.7 Å². The van der Waals surface area contributed by atoms with E-state index in [1.165, 1.54) is 6.26 Å². The summed E-state index contributed by atoms with van der Waals surface area (Å²) < 4.78 is 10.4. The van der Waals surface area contributed by atoms with Gasteiger partial charge in [-0.05, 0) is 40.5 Å². The average molecular weight is 352 g/mol. The molecular formula is C15H14BrNO4. The molecule has 0 aliphatic rings. The van der Waals surface area contributed by atoms with Crippen LogP contribution in [0.2, 0.25) is 0 Å². The molecule has 0 bridgehead atoms. The van der Waals surface area contributed by atoms with Gasteiger partial charge in [0.05, 0.1) is 18.6 Å². The number of esters is 1. The van der Waals surface area contributed by atoms with E-state index in [0.29, 0.717) is 22.5 Å². The summed E-state index contributed by atoms with van der Waals surface area (Å²) in [6, 6.07) is 8.61. The molecule has 0 saturated carbocycles. The van der Waals surface area contributed by atoms with Crippen LogP contribution in [0.3, 0.4) is 0 Å². The predicted octanol–water partition coefficient (Wildman–Crippen LogP) is 3.40. The molecular weight excluding hydrogens is 338 g/mol. The number of furan rings is 1. The molecule has 0 atom stereocenters. The van der Waals surface area contributed by atoms with Crippen molar-refractivity contribution in [1.82, 2.24) is 0 Å². The van der Waals surface area contributed by atoms with Gasteiger partial charge in [-0.15, -0.1) is 0 Å². The van der Waals surface area contributed by atoms with Gasteiger partial charge >= 0.3 is 5.97 Å². The van der Waals surface area contributed by atoms with Crippen molar-refractivity contribution in [2.45, 2.75) is 13.3 Å². The zero-order chi connectivity index (χ0) is 15.2. The highest BCUT2D eigenvalue weighted by atomic mass is 79.9. The third-order valence-electron chi connectivity index (χ3n) is 2.70. The molecule has 6 heteroatoms. The quantitative estimate of drug-likeness (QED) is 0.838. The highest BCUT2D eigenvalue weighted by Gasteiger charge is 2.10. The lowest BCUT2D eigenvalue weighted by Gasteiger charge is -2.05. The molecule has 0 saturated heterocycles. The first-order chi connectivity index (χ1) is 10.1. The van der Waals surface area contributed by atoms with Gasteiger partial charge in [0, 0.05) is 11.8 Å². The van der Waals surface area contributed by atoms with Gasteiger partial charge in [-0.2, -0.15) is 0 Å². The maximum atomic E-state index is 11.9. The van der Waals surface area contributed by atoms with Gasteiger partial charge in [-0.3, -0.25) is 9.59 Å². The lowest BCUT2D eigenvalue weighted by molar-refractivity contribution is -0.142. The highest BCUT2D eigenvalue weighted by Crippen LogP contribution is 2.16. The molecule has 0 radical (unpaired) electrons. The van der Waals surface area contributed by atoms with Crippen molar-refractivity contribution < 1.29 is 18.7 Å². The number of hydrogen-bond donors (Lipinski definition) is 1. The van der Waals surface area contributed by atoms with Gasteiger partial charge in [0.2, 0.25) is 0 Å². The van der Waals surface area contributed by atoms with E-state index in [9.17, 15) is 9.59 Å². The minimum atomic E-state index is -0.266. The molecule has 1 aromatic heterocycles. The Hall–Kier alpha value is -2.08. The molecule has 0 aliphatic carbocycles. The molecule has 2 aromatic rings. The monoisotopic (exact) mass is 351 g/mol. The van der Waals surface area contributed by atoms with E-state index in [2.05, 4.69) is 21.2 Å². The number of anilines is 1. The van der Waals surface area contributed by atoms with E-state index < -0.39 is 0 Å². The number of carbonyl (C=O) groups is 2. The number of hydrogen-bond acceptors (Lipinski definition) is 4. The molecule has 0 fully saturated rings. The number of halogens is 1. The second-order valence-electron chi connectivity index (χ2n) is 4.27. The minimum Gasteiger partial charge on any atom is -0.466 e. The molecule has 1 heterocycles. The second kappa shape index (κ2) is 7.08. The first-order valence-electron chi connectivity index (χ1n) is 6.38. The standard InChI is InChI=1S/C15H14BrNO4/c1-2-20-14(18)7-10-3-5-12(6-4-10)17-15(19)11-8-13(16)21-9-11/h3-6,8-9H,2,7H2,1H3,(H,17,19). The van der Waals surface area contributed by atoms with Gasteiger partial charge in [-0.25, -0.2) is 0 Å². The Bertz CT molecular complexity index is 633. The van der Waals surface area contributed by atoms with Crippen LogP contribution < -0.4 is 5.32 Å². The van der Waals surface area contributed by atoms with Gasteiger partial charge in [0.1, 0.15) is 6.26 Å². The van der Waals surface area contributed by atoms with Gasteiger partial charge < -0.3 is 14.5 Å². The van der Waals surface area contributed by atoms with E-state index >= 15 is 0 Å². The molecule has 0 unspecified atom stereocenters. The van der Waals surface area contributed by atoms with E-state index in [1.807, 2.05) is 0 Å². The van der Waals surface area contributed by atoms with E-state index in [4.69, 9.17) is 9.15 Å². The van der Waals surface area contributed by atoms with Gasteiger partial charge in [-0.1, -0.05) is 12.1 Å². The largest absolute Gasteiger partial charge is 0.466 e. The van der Waals surface area contributed by atoms with Crippen LogP contribution in [-0.4, -0.2) is 18.5 Å². The molecule has 1 amide bonds. The normalized spacial score (nSPS) is 10.2. The topological polar surface area (TPSA) is 68.5 Å². The van der Waals surface area contributed by atoms with E-state index in [0.717, 1.165) is 5.56 Å². The predicted molar refractivity (Wildman–Crippen MR) is 81.1 cm³/mol. The van der Waals surface area contributed by atoms with Crippen molar-refractivity contribution in [3.05, 3.63) is 52.4 Å². The molecule has 1 N–H and O–H groups in total. The van der Waals surface area contributed by atoms with Crippen LogP contribution >= 0.6 is 15.9 Å². The molecule has 1 aromatic carbocycles.